The van der Waals surface area contributed by atoms with Gasteiger partial charge in [0.05, 0.1) is 40.0 Å². The number of hydrogen-bond donors (Lipinski definition) is 0. The maximum absolute atomic E-state index is 13.8. The van der Waals surface area contributed by atoms with Crippen LogP contribution in [-0.2, 0) is 6.18 Å². The number of para-hydroxylation sites is 2. The van der Waals surface area contributed by atoms with Crippen molar-refractivity contribution in [3.8, 4) is 28.6 Å². The van der Waals surface area contributed by atoms with E-state index in [1.807, 2.05) is 96.4 Å². The van der Waals surface area contributed by atoms with Crippen LogP contribution in [0.1, 0.15) is 22.3 Å². The number of aryl methyl sites for hydroxylation is 2. The van der Waals surface area contributed by atoms with Crippen molar-refractivity contribution in [1.82, 2.24) is 9.13 Å². The van der Waals surface area contributed by atoms with E-state index < -0.39 is 11.7 Å². The van der Waals surface area contributed by atoms with Gasteiger partial charge in [-0.1, -0.05) is 78.9 Å². The molecule has 0 aliphatic carbocycles. The molecule has 0 spiro atoms. The van der Waals surface area contributed by atoms with Crippen LogP contribution in [0, 0.1) is 31.8 Å². The lowest BCUT2D eigenvalue weighted by Gasteiger charge is -2.21. The fourth-order valence-electron chi connectivity index (χ4n) is 7.25. The van der Waals surface area contributed by atoms with Crippen LogP contribution in [0.4, 0.5) is 18.9 Å². The third-order valence-electron chi connectivity index (χ3n) is 9.28. The number of aromatic nitrogens is 2. The highest BCUT2D eigenvalue weighted by atomic mass is 19.4. The van der Waals surface area contributed by atoms with E-state index >= 15 is 0 Å². The number of halogens is 3. The van der Waals surface area contributed by atoms with Gasteiger partial charge in [-0.2, -0.15) is 18.4 Å². The van der Waals surface area contributed by atoms with Gasteiger partial charge in [0.1, 0.15) is 11.6 Å². The van der Waals surface area contributed by atoms with Crippen molar-refractivity contribution in [2.24, 2.45) is 0 Å². The minimum Gasteiger partial charge on any atom is -0.308 e. The van der Waals surface area contributed by atoms with E-state index in [1.165, 1.54) is 6.07 Å². The summed E-state index contributed by atoms with van der Waals surface area (Å²) in [6.07, 6.45) is -4.61. The van der Waals surface area contributed by atoms with Crippen LogP contribution in [0.15, 0.2) is 115 Å². The predicted molar refractivity (Wildman–Crippen MR) is 186 cm³/mol. The Kier molecular flexibility index (Phi) is 6.44. The Balaban J connectivity index is 1.58. The fourth-order valence-corrected chi connectivity index (χ4v) is 7.25. The molecule has 8 aromatic rings. The number of alkyl halides is 3. The molecule has 48 heavy (non-hydrogen) atoms. The van der Waals surface area contributed by atoms with E-state index in [1.54, 1.807) is 0 Å². The molecule has 0 amide bonds. The molecule has 7 heteroatoms. The van der Waals surface area contributed by atoms with Crippen LogP contribution >= 0.6 is 0 Å². The van der Waals surface area contributed by atoms with E-state index in [4.69, 9.17) is 6.57 Å². The number of nitrogens with zero attached hydrogens (tertiary/aromatic N) is 4. The molecule has 0 aliphatic heterocycles. The molecular formula is C41H25F3N4. The lowest BCUT2D eigenvalue weighted by molar-refractivity contribution is -0.137. The molecule has 2 aromatic heterocycles. The van der Waals surface area contributed by atoms with E-state index in [0.29, 0.717) is 28.1 Å². The van der Waals surface area contributed by atoms with Gasteiger partial charge in [0, 0.05) is 27.1 Å². The average Bonchev–Trinajstić information content (AvgIpc) is 3.61. The fraction of sp³-hybridized carbons (Fsp3) is 0.0732. The molecule has 0 aliphatic rings. The third-order valence-corrected chi connectivity index (χ3v) is 9.28. The quantitative estimate of drug-likeness (QED) is 0.179. The Labute approximate surface area is 273 Å². The van der Waals surface area contributed by atoms with Crippen LogP contribution in [0.2, 0.25) is 0 Å². The SMILES string of the molecule is [C-]#[N+]c1cc(C(F)(F)F)ccc1-c1ccc(-n2c3ccccc3c3c(C)cccc32)c(C#N)c1-n1c2ccccc2c2c(C)cccc21. The number of fused-ring (bicyclic) bond motifs is 6. The molecule has 2 heterocycles. The number of hydrogen-bond acceptors (Lipinski definition) is 1. The molecule has 6 aromatic carbocycles. The summed E-state index contributed by atoms with van der Waals surface area (Å²) in [5.41, 5.74) is 6.89. The maximum Gasteiger partial charge on any atom is 0.415 e. The van der Waals surface area contributed by atoms with Gasteiger partial charge in [-0.05, 0) is 72.5 Å². The summed E-state index contributed by atoms with van der Waals surface area (Å²) in [5, 5.41) is 15.3. The molecule has 0 fully saturated rings. The van der Waals surface area contributed by atoms with Gasteiger partial charge < -0.3 is 9.13 Å². The topological polar surface area (TPSA) is 38.0 Å². The van der Waals surface area contributed by atoms with E-state index in [-0.39, 0.29) is 5.69 Å². The molecule has 0 bridgehead atoms. The lowest BCUT2D eigenvalue weighted by atomic mass is 9.95. The Hall–Kier alpha value is -6.31. The first-order valence-corrected chi connectivity index (χ1v) is 15.4. The second-order valence-corrected chi connectivity index (χ2v) is 12.0. The van der Waals surface area contributed by atoms with Gasteiger partial charge in [0.25, 0.3) is 0 Å². The highest BCUT2D eigenvalue weighted by Gasteiger charge is 2.32. The molecule has 0 atom stereocenters. The summed E-state index contributed by atoms with van der Waals surface area (Å²) in [6, 6.07) is 37.5. The molecule has 0 radical (unpaired) electrons. The first kappa shape index (κ1) is 29.1. The monoisotopic (exact) mass is 630 g/mol. The summed E-state index contributed by atoms with van der Waals surface area (Å²) in [5.74, 6) is 0. The number of nitriles is 1. The van der Waals surface area contributed by atoms with Crippen molar-refractivity contribution in [2.45, 2.75) is 20.0 Å². The van der Waals surface area contributed by atoms with Crippen LogP contribution in [0.5, 0.6) is 0 Å². The number of rotatable bonds is 3. The molecule has 8 rings (SSSR count). The maximum atomic E-state index is 13.8. The minimum atomic E-state index is -4.61. The first-order valence-electron chi connectivity index (χ1n) is 15.4. The smallest absolute Gasteiger partial charge is 0.308 e. The van der Waals surface area contributed by atoms with Gasteiger partial charge >= 0.3 is 6.18 Å². The predicted octanol–water partition coefficient (Wildman–Crippen LogP) is 11.6. The van der Waals surface area contributed by atoms with Gasteiger partial charge in [0.15, 0.2) is 5.69 Å². The number of benzene rings is 6. The Morgan fingerprint density at radius 3 is 1.77 bits per heavy atom. The molecule has 230 valence electrons. The standard InChI is InChI=1S/C41H25F3N4/c1-24-10-8-16-36-38(24)29-12-4-6-14-33(29)47(36)35-21-20-28(27-19-18-26(41(42,43)44)22-32(27)46-3)40(31(35)23-45)48-34-15-7-5-13-30(34)39-25(2)11-9-17-37(39)48/h4-22H,1-2H3. The Morgan fingerprint density at radius 2 is 1.19 bits per heavy atom. The van der Waals surface area contributed by atoms with Gasteiger partial charge in [0.2, 0.25) is 0 Å². The normalized spacial score (nSPS) is 11.8. The zero-order chi connectivity index (χ0) is 33.3. The second kappa shape index (κ2) is 10.6. The van der Waals surface area contributed by atoms with Crippen LogP contribution < -0.4 is 0 Å². The van der Waals surface area contributed by atoms with E-state index in [2.05, 4.69) is 34.5 Å². The van der Waals surface area contributed by atoms with Crippen molar-refractivity contribution >= 4 is 49.3 Å². The van der Waals surface area contributed by atoms with Crippen LogP contribution in [-0.4, -0.2) is 9.13 Å². The zero-order valence-corrected chi connectivity index (χ0v) is 25.9. The largest absolute Gasteiger partial charge is 0.415 e. The van der Waals surface area contributed by atoms with E-state index in [9.17, 15) is 18.4 Å². The summed E-state index contributed by atoms with van der Waals surface area (Å²) in [4.78, 5) is 3.55. The highest BCUT2D eigenvalue weighted by Crippen LogP contribution is 2.45. The van der Waals surface area contributed by atoms with Gasteiger partial charge in [-0.15, -0.1) is 0 Å². The first-order chi connectivity index (χ1) is 23.2. The summed E-state index contributed by atoms with van der Waals surface area (Å²) in [7, 11) is 0. The van der Waals surface area contributed by atoms with E-state index in [0.717, 1.165) is 66.9 Å². The molecule has 0 saturated carbocycles. The molecule has 4 nitrogen and oxygen atoms in total. The molecule has 0 unspecified atom stereocenters. The summed E-state index contributed by atoms with van der Waals surface area (Å²) in [6.45, 7) is 12.0. The van der Waals surface area contributed by atoms with Crippen molar-refractivity contribution in [3.05, 3.63) is 149 Å². The summed E-state index contributed by atoms with van der Waals surface area (Å²) < 4.78 is 45.5. The average molecular weight is 631 g/mol. The van der Waals surface area contributed by atoms with Crippen molar-refractivity contribution < 1.29 is 13.2 Å². The van der Waals surface area contributed by atoms with Gasteiger partial charge in [-0.3, -0.25) is 0 Å². The molecule has 0 N–H and O–H groups in total. The zero-order valence-electron chi connectivity index (χ0n) is 25.9. The van der Waals surface area contributed by atoms with Crippen LogP contribution in [0.3, 0.4) is 0 Å². The minimum absolute atomic E-state index is 0.146. The molecule has 0 saturated heterocycles. The van der Waals surface area contributed by atoms with Gasteiger partial charge in [-0.25, -0.2) is 4.85 Å². The second-order valence-electron chi connectivity index (χ2n) is 12.0. The Bertz CT molecular complexity index is 2710. The van der Waals surface area contributed by atoms with Crippen LogP contribution in [0.25, 0.3) is 71.0 Å². The molecular weight excluding hydrogens is 605 g/mol. The van der Waals surface area contributed by atoms with Crippen molar-refractivity contribution in [3.63, 3.8) is 0 Å². The van der Waals surface area contributed by atoms with Crippen molar-refractivity contribution in [2.75, 3.05) is 0 Å². The Morgan fingerprint density at radius 1 is 0.646 bits per heavy atom. The van der Waals surface area contributed by atoms with Crippen molar-refractivity contribution in [1.29, 1.82) is 5.26 Å². The highest BCUT2D eigenvalue weighted by molar-refractivity contribution is 6.13. The summed E-state index contributed by atoms with van der Waals surface area (Å²) >= 11 is 0. The third kappa shape index (κ3) is 4.15. The lowest BCUT2D eigenvalue weighted by Crippen LogP contribution is -2.07.